The van der Waals surface area contributed by atoms with Gasteiger partial charge in [-0.25, -0.2) is 5.43 Å². The van der Waals surface area contributed by atoms with Crippen molar-refractivity contribution < 1.29 is 9.53 Å². The number of amides is 1. The number of hydrogen-bond acceptors (Lipinski definition) is 4. The standard InChI is InChI=1S/C16H16N2O2S/c1-20-15-10-6-5-7-13(15)11-17-18-16(19)12-21-14-8-3-2-4-9-14/h2-11H,12H2,1H3,(H,18,19)/b17-11-. The molecule has 21 heavy (non-hydrogen) atoms. The van der Waals surface area contributed by atoms with Gasteiger partial charge in [0.1, 0.15) is 5.75 Å². The average Bonchev–Trinajstić information content (AvgIpc) is 2.54. The topological polar surface area (TPSA) is 50.7 Å². The maximum absolute atomic E-state index is 11.7. The number of nitrogens with zero attached hydrogens (tertiary/aromatic N) is 1. The quantitative estimate of drug-likeness (QED) is 0.507. The summed E-state index contributed by atoms with van der Waals surface area (Å²) in [6, 6.07) is 17.2. The van der Waals surface area contributed by atoms with E-state index in [1.807, 2.05) is 54.6 Å². The number of methoxy groups -OCH3 is 1. The van der Waals surface area contributed by atoms with Gasteiger partial charge in [0.25, 0.3) is 0 Å². The SMILES string of the molecule is COc1ccccc1/C=N\NC(=O)CSc1ccccc1. The van der Waals surface area contributed by atoms with Crippen LogP contribution < -0.4 is 10.2 Å². The molecule has 0 aliphatic rings. The summed E-state index contributed by atoms with van der Waals surface area (Å²) in [5.41, 5.74) is 3.32. The van der Waals surface area contributed by atoms with E-state index in [4.69, 9.17) is 4.74 Å². The summed E-state index contributed by atoms with van der Waals surface area (Å²) in [7, 11) is 1.60. The van der Waals surface area contributed by atoms with Crippen molar-refractivity contribution in [3.63, 3.8) is 0 Å². The first-order valence-electron chi connectivity index (χ1n) is 6.42. The van der Waals surface area contributed by atoms with Crippen LogP contribution in [0.5, 0.6) is 5.75 Å². The second kappa shape index (κ2) is 8.11. The molecule has 2 aromatic rings. The highest BCUT2D eigenvalue weighted by Crippen LogP contribution is 2.16. The minimum atomic E-state index is -0.144. The Morgan fingerprint density at radius 2 is 1.90 bits per heavy atom. The van der Waals surface area contributed by atoms with Crippen LogP contribution in [0.1, 0.15) is 5.56 Å². The van der Waals surface area contributed by atoms with Crippen LogP contribution in [0.15, 0.2) is 64.6 Å². The fourth-order valence-corrected chi connectivity index (χ4v) is 2.36. The molecule has 0 fully saturated rings. The zero-order chi connectivity index (χ0) is 14.9. The number of benzene rings is 2. The second-order valence-electron chi connectivity index (χ2n) is 4.14. The largest absolute Gasteiger partial charge is 0.496 e. The Bertz CT molecular complexity index is 615. The van der Waals surface area contributed by atoms with Gasteiger partial charge in [0.05, 0.1) is 19.1 Å². The molecule has 4 nitrogen and oxygen atoms in total. The first kappa shape index (κ1) is 15.1. The van der Waals surface area contributed by atoms with Gasteiger partial charge >= 0.3 is 0 Å². The molecule has 2 rings (SSSR count). The lowest BCUT2D eigenvalue weighted by atomic mass is 10.2. The van der Waals surface area contributed by atoms with Crippen molar-refractivity contribution in [2.75, 3.05) is 12.9 Å². The molecule has 1 amide bonds. The normalized spacial score (nSPS) is 10.5. The van der Waals surface area contributed by atoms with Crippen LogP contribution in [0, 0.1) is 0 Å². The number of carbonyl (C=O) groups is 1. The highest BCUT2D eigenvalue weighted by molar-refractivity contribution is 8.00. The lowest BCUT2D eigenvalue weighted by molar-refractivity contribution is -0.118. The Kier molecular flexibility index (Phi) is 5.84. The third kappa shape index (κ3) is 4.96. The van der Waals surface area contributed by atoms with Crippen molar-refractivity contribution in [3.8, 4) is 5.75 Å². The second-order valence-corrected chi connectivity index (χ2v) is 5.19. The van der Waals surface area contributed by atoms with Gasteiger partial charge in [-0.1, -0.05) is 30.3 Å². The van der Waals surface area contributed by atoms with E-state index in [1.165, 1.54) is 11.8 Å². The lowest BCUT2D eigenvalue weighted by Gasteiger charge is -2.03. The molecule has 0 aliphatic carbocycles. The molecule has 0 unspecified atom stereocenters. The highest BCUT2D eigenvalue weighted by Gasteiger charge is 2.01. The Morgan fingerprint density at radius 1 is 1.19 bits per heavy atom. The van der Waals surface area contributed by atoms with Gasteiger partial charge in [-0.05, 0) is 24.3 Å². The highest BCUT2D eigenvalue weighted by atomic mass is 32.2. The van der Waals surface area contributed by atoms with Gasteiger partial charge < -0.3 is 4.74 Å². The van der Waals surface area contributed by atoms with Crippen molar-refractivity contribution in [3.05, 3.63) is 60.2 Å². The Labute approximate surface area is 128 Å². The van der Waals surface area contributed by atoms with Crippen LogP contribution in [0.25, 0.3) is 0 Å². The fourth-order valence-electron chi connectivity index (χ4n) is 1.64. The Balaban J connectivity index is 1.82. The number of hydrazone groups is 1. The molecular weight excluding hydrogens is 284 g/mol. The molecule has 108 valence electrons. The maximum Gasteiger partial charge on any atom is 0.250 e. The number of hydrogen-bond donors (Lipinski definition) is 1. The monoisotopic (exact) mass is 300 g/mol. The molecule has 1 N–H and O–H groups in total. The summed E-state index contributed by atoms with van der Waals surface area (Å²) in [5, 5.41) is 3.94. The summed E-state index contributed by atoms with van der Waals surface area (Å²) in [6.45, 7) is 0. The van der Waals surface area contributed by atoms with Crippen molar-refractivity contribution in [1.82, 2.24) is 5.43 Å². The van der Waals surface area contributed by atoms with Crippen molar-refractivity contribution in [2.24, 2.45) is 5.10 Å². The molecule has 2 aromatic carbocycles. The molecule has 0 radical (unpaired) electrons. The van der Waals surface area contributed by atoms with E-state index in [9.17, 15) is 4.79 Å². The molecule has 0 saturated carbocycles. The van der Waals surface area contributed by atoms with Crippen LogP contribution in [0.4, 0.5) is 0 Å². The number of para-hydroxylation sites is 1. The van der Waals surface area contributed by atoms with Gasteiger partial charge in [0.2, 0.25) is 5.91 Å². The summed E-state index contributed by atoms with van der Waals surface area (Å²) in [6.07, 6.45) is 1.57. The third-order valence-corrected chi connectivity index (χ3v) is 3.66. The molecule has 0 bridgehead atoms. The first-order chi connectivity index (χ1) is 10.3. The van der Waals surface area contributed by atoms with E-state index in [1.54, 1.807) is 13.3 Å². The Morgan fingerprint density at radius 3 is 2.67 bits per heavy atom. The van der Waals surface area contributed by atoms with Gasteiger partial charge in [-0.2, -0.15) is 5.10 Å². The molecular formula is C16H16N2O2S. The van der Waals surface area contributed by atoms with E-state index < -0.39 is 0 Å². The number of rotatable bonds is 6. The third-order valence-electron chi connectivity index (χ3n) is 2.64. The molecule has 0 atom stereocenters. The number of carbonyl (C=O) groups excluding carboxylic acids is 1. The van der Waals surface area contributed by atoms with Crippen molar-refractivity contribution in [1.29, 1.82) is 0 Å². The van der Waals surface area contributed by atoms with Crippen LogP contribution >= 0.6 is 11.8 Å². The predicted molar refractivity (Wildman–Crippen MR) is 85.9 cm³/mol. The molecule has 0 heterocycles. The summed E-state index contributed by atoms with van der Waals surface area (Å²) in [5.74, 6) is 0.900. The van der Waals surface area contributed by atoms with Gasteiger partial charge in [-0.15, -0.1) is 11.8 Å². The fraction of sp³-hybridized carbons (Fsp3) is 0.125. The zero-order valence-electron chi connectivity index (χ0n) is 11.7. The van der Waals surface area contributed by atoms with Crippen LogP contribution in [-0.4, -0.2) is 25.0 Å². The average molecular weight is 300 g/mol. The van der Waals surface area contributed by atoms with Gasteiger partial charge in [0, 0.05) is 10.5 Å². The van der Waals surface area contributed by atoms with E-state index in [-0.39, 0.29) is 5.91 Å². The van der Waals surface area contributed by atoms with Crippen LogP contribution in [0.2, 0.25) is 0 Å². The van der Waals surface area contributed by atoms with Crippen LogP contribution in [-0.2, 0) is 4.79 Å². The van der Waals surface area contributed by atoms with Crippen molar-refractivity contribution >= 4 is 23.9 Å². The molecule has 0 aromatic heterocycles. The number of nitrogens with one attached hydrogen (secondary N) is 1. The maximum atomic E-state index is 11.7. The van der Waals surface area contributed by atoms with Gasteiger partial charge in [-0.3, -0.25) is 4.79 Å². The molecule has 0 saturated heterocycles. The number of ether oxygens (including phenoxy) is 1. The van der Waals surface area contributed by atoms with E-state index in [2.05, 4.69) is 10.5 Å². The zero-order valence-corrected chi connectivity index (χ0v) is 12.5. The Hall–Kier alpha value is -2.27. The van der Waals surface area contributed by atoms with Crippen molar-refractivity contribution in [2.45, 2.75) is 4.90 Å². The molecule has 0 aliphatic heterocycles. The van der Waals surface area contributed by atoms with E-state index in [0.717, 1.165) is 10.5 Å². The molecule has 0 spiro atoms. The lowest BCUT2D eigenvalue weighted by Crippen LogP contribution is -2.19. The summed E-state index contributed by atoms with van der Waals surface area (Å²) >= 11 is 1.47. The van der Waals surface area contributed by atoms with Gasteiger partial charge in [0.15, 0.2) is 0 Å². The first-order valence-corrected chi connectivity index (χ1v) is 7.41. The minimum Gasteiger partial charge on any atom is -0.496 e. The van der Waals surface area contributed by atoms with E-state index in [0.29, 0.717) is 11.5 Å². The summed E-state index contributed by atoms with van der Waals surface area (Å²) < 4.78 is 5.20. The molecule has 5 heteroatoms. The van der Waals surface area contributed by atoms with Crippen LogP contribution in [0.3, 0.4) is 0 Å². The summed E-state index contributed by atoms with van der Waals surface area (Å²) in [4.78, 5) is 12.7. The predicted octanol–water partition coefficient (Wildman–Crippen LogP) is 2.94. The van der Waals surface area contributed by atoms with E-state index >= 15 is 0 Å². The minimum absolute atomic E-state index is 0.144. The smallest absolute Gasteiger partial charge is 0.250 e. The number of thioether (sulfide) groups is 1.